The van der Waals surface area contributed by atoms with Crippen molar-refractivity contribution in [3.8, 4) is 0 Å². The number of hydrogen-bond donors (Lipinski definition) is 2. The van der Waals surface area contributed by atoms with Gasteiger partial charge in [-0.1, -0.05) is 23.2 Å². The minimum atomic E-state index is -0.897. The molecule has 0 bridgehead atoms. The van der Waals surface area contributed by atoms with Gasteiger partial charge in [-0.25, -0.2) is 0 Å². The summed E-state index contributed by atoms with van der Waals surface area (Å²) in [5.74, 6) is -1.24. The Morgan fingerprint density at radius 1 is 1.32 bits per heavy atom. The molecule has 1 amide bonds. The number of carbonyl (C=O) groups excluding carboxylic acids is 1. The molecule has 0 unspecified atom stereocenters. The van der Waals surface area contributed by atoms with Crippen LogP contribution in [0.3, 0.4) is 0 Å². The topological polar surface area (TPSA) is 66.4 Å². The van der Waals surface area contributed by atoms with Crippen molar-refractivity contribution < 1.29 is 14.7 Å². The molecule has 4 nitrogen and oxygen atoms in total. The Kier molecular flexibility index (Phi) is 5.20. The molecule has 0 aromatic heterocycles. The van der Waals surface area contributed by atoms with Crippen molar-refractivity contribution in [3.05, 3.63) is 33.8 Å². The molecule has 0 radical (unpaired) electrons. The summed E-state index contributed by atoms with van der Waals surface area (Å²) in [5, 5.41) is 12.3. The van der Waals surface area contributed by atoms with E-state index in [0.29, 0.717) is 17.0 Å². The standard InChI is InChI=1S/C13H15Cl2NO3/c1-13(2,12(18)19)5-6-16-11(17)9-4-3-8(14)7-10(9)15/h3-4,7H,5-6H2,1-2H3,(H,16,17)(H,18,19). The number of benzene rings is 1. The molecule has 1 aromatic rings. The fourth-order valence-corrected chi connectivity index (χ4v) is 1.86. The zero-order valence-electron chi connectivity index (χ0n) is 10.7. The van der Waals surface area contributed by atoms with Crippen LogP contribution in [0, 0.1) is 5.41 Å². The van der Waals surface area contributed by atoms with E-state index in [1.54, 1.807) is 19.9 Å². The van der Waals surface area contributed by atoms with Gasteiger partial charge in [0.1, 0.15) is 0 Å². The van der Waals surface area contributed by atoms with Gasteiger partial charge >= 0.3 is 5.97 Å². The predicted octanol–water partition coefficient (Wildman–Crippen LogP) is 3.22. The maximum atomic E-state index is 11.8. The van der Waals surface area contributed by atoms with Crippen LogP contribution >= 0.6 is 23.2 Å². The highest BCUT2D eigenvalue weighted by Crippen LogP contribution is 2.22. The van der Waals surface area contributed by atoms with Gasteiger partial charge in [0.2, 0.25) is 0 Å². The lowest BCUT2D eigenvalue weighted by Crippen LogP contribution is -2.32. The van der Waals surface area contributed by atoms with Gasteiger partial charge in [0.15, 0.2) is 0 Å². The third-order valence-corrected chi connectivity index (χ3v) is 3.34. The van der Waals surface area contributed by atoms with E-state index >= 15 is 0 Å². The van der Waals surface area contributed by atoms with Crippen molar-refractivity contribution in [2.24, 2.45) is 5.41 Å². The lowest BCUT2D eigenvalue weighted by Gasteiger charge is -2.19. The summed E-state index contributed by atoms with van der Waals surface area (Å²) in [4.78, 5) is 22.8. The Morgan fingerprint density at radius 3 is 2.47 bits per heavy atom. The molecule has 0 aliphatic heterocycles. The second-order valence-electron chi connectivity index (χ2n) is 4.82. The number of carboxylic acids is 1. The quantitative estimate of drug-likeness (QED) is 0.877. The summed E-state index contributed by atoms with van der Waals surface area (Å²) in [7, 11) is 0. The van der Waals surface area contributed by atoms with Gasteiger partial charge in [-0.15, -0.1) is 0 Å². The van der Waals surface area contributed by atoms with Crippen LogP contribution in [0.4, 0.5) is 0 Å². The molecule has 0 atom stereocenters. The van der Waals surface area contributed by atoms with E-state index in [1.165, 1.54) is 12.1 Å². The van der Waals surface area contributed by atoms with Crippen LogP contribution in [-0.2, 0) is 4.79 Å². The average Bonchev–Trinajstić information content (AvgIpc) is 2.28. The van der Waals surface area contributed by atoms with E-state index in [2.05, 4.69) is 5.32 Å². The fourth-order valence-electron chi connectivity index (χ4n) is 1.36. The van der Waals surface area contributed by atoms with Crippen molar-refractivity contribution in [1.29, 1.82) is 0 Å². The predicted molar refractivity (Wildman–Crippen MR) is 74.8 cm³/mol. The molecule has 0 saturated heterocycles. The monoisotopic (exact) mass is 303 g/mol. The highest BCUT2D eigenvalue weighted by Gasteiger charge is 2.26. The summed E-state index contributed by atoms with van der Waals surface area (Å²) < 4.78 is 0. The largest absolute Gasteiger partial charge is 0.481 e. The number of amides is 1. The van der Waals surface area contributed by atoms with E-state index < -0.39 is 11.4 Å². The molecule has 0 spiro atoms. The Balaban J connectivity index is 2.59. The van der Waals surface area contributed by atoms with E-state index in [1.807, 2.05) is 0 Å². The van der Waals surface area contributed by atoms with Crippen LogP contribution in [0.25, 0.3) is 0 Å². The maximum Gasteiger partial charge on any atom is 0.309 e. The van der Waals surface area contributed by atoms with Gasteiger partial charge in [0.05, 0.1) is 16.0 Å². The van der Waals surface area contributed by atoms with E-state index in [4.69, 9.17) is 28.3 Å². The number of nitrogens with one attached hydrogen (secondary N) is 1. The molecule has 19 heavy (non-hydrogen) atoms. The molecular formula is C13H15Cl2NO3. The van der Waals surface area contributed by atoms with E-state index in [-0.39, 0.29) is 17.5 Å². The highest BCUT2D eigenvalue weighted by atomic mass is 35.5. The van der Waals surface area contributed by atoms with Crippen LogP contribution in [0.2, 0.25) is 10.0 Å². The first kappa shape index (κ1) is 15.8. The zero-order chi connectivity index (χ0) is 14.6. The fraction of sp³-hybridized carbons (Fsp3) is 0.385. The van der Waals surface area contributed by atoms with Crippen molar-refractivity contribution in [2.45, 2.75) is 20.3 Å². The zero-order valence-corrected chi connectivity index (χ0v) is 12.2. The first-order valence-corrected chi connectivity index (χ1v) is 6.46. The molecule has 0 heterocycles. The van der Waals surface area contributed by atoms with Gasteiger partial charge in [-0.3, -0.25) is 9.59 Å². The Morgan fingerprint density at radius 2 is 1.95 bits per heavy atom. The van der Waals surface area contributed by atoms with Gasteiger partial charge in [0.25, 0.3) is 5.91 Å². The molecule has 104 valence electrons. The number of carboxylic acid groups (broad SMARTS) is 1. The minimum Gasteiger partial charge on any atom is -0.481 e. The normalized spacial score (nSPS) is 11.2. The SMILES string of the molecule is CC(C)(CCNC(=O)c1ccc(Cl)cc1Cl)C(=O)O. The Hall–Kier alpha value is -1.26. The van der Waals surface area contributed by atoms with Crippen molar-refractivity contribution >= 4 is 35.1 Å². The average molecular weight is 304 g/mol. The second-order valence-corrected chi connectivity index (χ2v) is 5.66. The van der Waals surface area contributed by atoms with Gasteiger partial charge in [0, 0.05) is 11.6 Å². The number of hydrogen-bond acceptors (Lipinski definition) is 2. The maximum absolute atomic E-state index is 11.8. The van der Waals surface area contributed by atoms with Crippen LogP contribution in [-0.4, -0.2) is 23.5 Å². The number of halogens is 2. The third-order valence-electron chi connectivity index (χ3n) is 2.79. The molecule has 0 fully saturated rings. The summed E-state index contributed by atoms with van der Waals surface area (Å²) in [6, 6.07) is 4.59. The van der Waals surface area contributed by atoms with E-state index in [0.717, 1.165) is 0 Å². The van der Waals surface area contributed by atoms with Gasteiger partial charge in [-0.2, -0.15) is 0 Å². The molecule has 1 rings (SSSR count). The van der Waals surface area contributed by atoms with Crippen molar-refractivity contribution in [2.75, 3.05) is 6.54 Å². The number of rotatable bonds is 5. The highest BCUT2D eigenvalue weighted by molar-refractivity contribution is 6.36. The number of aliphatic carboxylic acids is 1. The molecule has 0 aliphatic rings. The van der Waals surface area contributed by atoms with Crippen LogP contribution in [0.1, 0.15) is 30.6 Å². The van der Waals surface area contributed by atoms with Crippen molar-refractivity contribution in [1.82, 2.24) is 5.32 Å². The summed E-state index contributed by atoms with van der Waals surface area (Å²) in [5.41, 5.74) is -0.559. The summed E-state index contributed by atoms with van der Waals surface area (Å²) in [6.07, 6.45) is 0.333. The number of carbonyl (C=O) groups is 2. The molecular weight excluding hydrogens is 289 g/mol. The molecule has 0 saturated carbocycles. The van der Waals surface area contributed by atoms with Crippen LogP contribution in [0.15, 0.2) is 18.2 Å². The van der Waals surface area contributed by atoms with E-state index in [9.17, 15) is 9.59 Å². The first-order chi connectivity index (χ1) is 8.74. The third kappa shape index (κ3) is 4.40. The minimum absolute atomic E-state index is 0.261. The van der Waals surface area contributed by atoms with Crippen molar-refractivity contribution in [3.63, 3.8) is 0 Å². The molecule has 1 aromatic carbocycles. The Bertz CT molecular complexity index is 501. The smallest absolute Gasteiger partial charge is 0.309 e. The first-order valence-electron chi connectivity index (χ1n) is 5.70. The van der Waals surface area contributed by atoms with Crippen LogP contribution < -0.4 is 5.32 Å². The summed E-state index contributed by atoms with van der Waals surface area (Å²) >= 11 is 11.6. The molecule has 6 heteroatoms. The van der Waals surface area contributed by atoms with Crippen LogP contribution in [0.5, 0.6) is 0 Å². The second kappa shape index (κ2) is 6.26. The van der Waals surface area contributed by atoms with Gasteiger partial charge < -0.3 is 10.4 Å². The molecule has 2 N–H and O–H groups in total. The van der Waals surface area contributed by atoms with Gasteiger partial charge in [-0.05, 0) is 38.5 Å². The lowest BCUT2D eigenvalue weighted by molar-refractivity contribution is -0.147. The summed E-state index contributed by atoms with van der Waals surface area (Å²) in [6.45, 7) is 3.48. The Labute approximate surface area is 121 Å². The molecule has 0 aliphatic carbocycles. The lowest BCUT2D eigenvalue weighted by atomic mass is 9.90.